The molecular formula is C15H18N2O. The van der Waals surface area contributed by atoms with E-state index in [-0.39, 0.29) is 11.4 Å². The molecule has 1 aromatic heterocycles. The summed E-state index contributed by atoms with van der Waals surface area (Å²) in [5.41, 5.74) is 1.54. The topological polar surface area (TPSA) is 44.9 Å². The van der Waals surface area contributed by atoms with Crippen molar-refractivity contribution in [3.05, 3.63) is 36.0 Å². The van der Waals surface area contributed by atoms with Crippen molar-refractivity contribution < 1.29 is 4.79 Å². The third kappa shape index (κ3) is 1.90. The van der Waals surface area contributed by atoms with Crippen LogP contribution in [0.1, 0.15) is 37.0 Å². The molecule has 94 valence electrons. The maximum Gasteiger partial charge on any atom is 0.253 e. The lowest BCUT2D eigenvalue weighted by Gasteiger charge is -2.26. The summed E-state index contributed by atoms with van der Waals surface area (Å²) in [7, 11) is 0. The van der Waals surface area contributed by atoms with Crippen LogP contribution in [-0.2, 0) is 0 Å². The fourth-order valence-electron chi connectivity index (χ4n) is 2.54. The van der Waals surface area contributed by atoms with Gasteiger partial charge in [0.15, 0.2) is 0 Å². The molecular weight excluding hydrogens is 224 g/mol. The molecule has 1 heterocycles. The monoisotopic (exact) mass is 242 g/mol. The van der Waals surface area contributed by atoms with E-state index in [1.807, 2.05) is 30.5 Å². The Bertz CT molecular complexity index is 593. The molecule has 0 saturated heterocycles. The summed E-state index contributed by atoms with van der Waals surface area (Å²) in [6, 6.07) is 7.79. The van der Waals surface area contributed by atoms with Gasteiger partial charge in [0, 0.05) is 17.1 Å². The van der Waals surface area contributed by atoms with E-state index in [1.165, 1.54) is 12.8 Å². The molecule has 0 spiro atoms. The van der Waals surface area contributed by atoms with Gasteiger partial charge in [0.2, 0.25) is 0 Å². The molecule has 1 saturated carbocycles. The van der Waals surface area contributed by atoms with Gasteiger partial charge in [0.1, 0.15) is 0 Å². The van der Waals surface area contributed by atoms with Crippen LogP contribution in [0.2, 0.25) is 0 Å². The minimum Gasteiger partial charge on any atom is -0.361 e. The average molecular weight is 242 g/mol. The average Bonchev–Trinajstić information content (AvgIpc) is 3.07. The van der Waals surface area contributed by atoms with E-state index in [9.17, 15) is 4.79 Å². The van der Waals surface area contributed by atoms with Crippen molar-refractivity contribution in [2.45, 2.75) is 32.2 Å². The van der Waals surface area contributed by atoms with Gasteiger partial charge in [-0.05, 0) is 44.7 Å². The number of aromatic nitrogens is 1. The van der Waals surface area contributed by atoms with Crippen LogP contribution in [0.25, 0.3) is 10.9 Å². The zero-order chi connectivity index (χ0) is 12.8. The second-order valence-corrected chi connectivity index (χ2v) is 5.70. The van der Waals surface area contributed by atoms with Gasteiger partial charge in [0.05, 0.1) is 11.1 Å². The van der Waals surface area contributed by atoms with E-state index >= 15 is 0 Å². The maximum absolute atomic E-state index is 12.4. The summed E-state index contributed by atoms with van der Waals surface area (Å²) in [5.74, 6) is 0.643. The number of fused-ring (bicyclic) bond motifs is 1. The van der Waals surface area contributed by atoms with Crippen molar-refractivity contribution >= 4 is 16.8 Å². The molecule has 18 heavy (non-hydrogen) atoms. The van der Waals surface area contributed by atoms with Crippen LogP contribution in [0.5, 0.6) is 0 Å². The number of carbonyl (C=O) groups is 1. The van der Waals surface area contributed by atoms with Gasteiger partial charge in [-0.15, -0.1) is 0 Å². The lowest BCUT2D eigenvalue weighted by Crippen LogP contribution is -2.45. The molecule has 3 nitrogen and oxygen atoms in total. The molecule has 1 aromatic carbocycles. The Morgan fingerprint density at radius 1 is 1.33 bits per heavy atom. The molecule has 0 radical (unpaired) electrons. The van der Waals surface area contributed by atoms with Gasteiger partial charge in [0.25, 0.3) is 5.91 Å². The van der Waals surface area contributed by atoms with Crippen LogP contribution >= 0.6 is 0 Å². The number of H-pyrrole nitrogens is 1. The van der Waals surface area contributed by atoms with Crippen molar-refractivity contribution in [1.29, 1.82) is 0 Å². The third-order valence-corrected chi connectivity index (χ3v) is 3.87. The highest BCUT2D eigenvalue weighted by molar-refractivity contribution is 6.05. The Morgan fingerprint density at radius 2 is 2.11 bits per heavy atom. The Balaban J connectivity index is 1.90. The number of hydrogen-bond donors (Lipinski definition) is 2. The summed E-state index contributed by atoms with van der Waals surface area (Å²) in [6.45, 7) is 4.22. The van der Waals surface area contributed by atoms with E-state index in [0.717, 1.165) is 16.5 Å². The first kappa shape index (κ1) is 11.3. The van der Waals surface area contributed by atoms with E-state index < -0.39 is 0 Å². The van der Waals surface area contributed by atoms with Crippen molar-refractivity contribution in [2.75, 3.05) is 0 Å². The van der Waals surface area contributed by atoms with Crippen LogP contribution in [-0.4, -0.2) is 16.4 Å². The molecule has 3 heteroatoms. The minimum absolute atomic E-state index is 0.0138. The largest absolute Gasteiger partial charge is 0.361 e. The number of carbonyl (C=O) groups excluding carboxylic acids is 1. The molecule has 1 fully saturated rings. The number of para-hydroxylation sites is 1. The maximum atomic E-state index is 12.4. The molecule has 1 amide bonds. The summed E-state index contributed by atoms with van der Waals surface area (Å²) in [6.07, 6.45) is 4.31. The molecule has 0 bridgehead atoms. The summed E-state index contributed by atoms with van der Waals surface area (Å²) < 4.78 is 0. The Labute approximate surface area is 107 Å². The van der Waals surface area contributed by atoms with Crippen molar-refractivity contribution in [1.82, 2.24) is 10.3 Å². The zero-order valence-electron chi connectivity index (χ0n) is 10.8. The first-order valence-corrected chi connectivity index (χ1v) is 6.46. The van der Waals surface area contributed by atoms with E-state index in [1.54, 1.807) is 0 Å². The Kier molecular flexibility index (Phi) is 2.44. The zero-order valence-corrected chi connectivity index (χ0v) is 10.8. The Hall–Kier alpha value is -1.77. The third-order valence-electron chi connectivity index (χ3n) is 3.87. The molecule has 0 atom stereocenters. The van der Waals surface area contributed by atoms with Gasteiger partial charge in [-0.1, -0.05) is 12.1 Å². The first-order chi connectivity index (χ1) is 8.58. The SMILES string of the molecule is CC(C)(NC(=O)c1cccc2cc[nH]c12)C1CC1. The molecule has 2 aromatic rings. The van der Waals surface area contributed by atoms with Crippen LogP contribution < -0.4 is 5.32 Å². The van der Waals surface area contributed by atoms with E-state index in [2.05, 4.69) is 24.1 Å². The Morgan fingerprint density at radius 3 is 2.83 bits per heavy atom. The van der Waals surface area contributed by atoms with Crippen molar-refractivity contribution in [2.24, 2.45) is 5.92 Å². The van der Waals surface area contributed by atoms with Crippen molar-refractivity contribution in [3.63, 3.8) is 0 Å². The molecule has 2 N–H and O–H groups in total. The number of hydrogen-bond acceptors (Lipinski definition) is 1. The standard InChI is InChI=1S/C15H18N2O/c1-15(2,11-6-7-11)17-14(18)12-5-3-4-10-8-9-16-13(10)12/h3-5,8-9,11,16H,6-7H2,1-2H3,(H,17,18). The number of rotatable bonds is 3. The molecule has 1 aliphatic carbocycles. The van der Waals surface area contributed by atoms with Gasteiger partial charge in [-0.2, -0.15) is 0 Å². The molecule has 0 aliphatic heterocycles. The van der Waals surface area contributed by atoms with Crippen LogP contribution in [0.3, 0.4) is 0 Å². The van der Waals surface area contributed by atoms with Crippen LogP contribution in [0.4, 0.5) is 0 Å². The van der Waals surface area contributed by atoms with Crippen LogP contribution in [0, 0.1) is 5.92 Å². The number of aromatic amines is 1. The molecule has 0 unspecified atom stereocenters. The number of amides is 1. The number of nitrogens with one attached hydrogen (secondary N) is 2. The second kappa shape index (κ2) is 3.87. The highest BCUT2D eigenvalue weighted by Gasteiger charge is 2.38. The predicted octanol–water partition coefficient (Wildman–Crippen LogP) is 3.09. The summed E-state index contributed by atoms with van der Waals surface area (Å²) in [4.78, 5) is 15.5. The number of benzene rings is 1. The van der Waals surface area contributed by atoms with E-state index in [0.29, 0.717) is 5.92 Å². The first-order valence-electron chi connectivity index (χ1n) is 6.46. The molecule has 3 rings (SSSR count). The fraction of sp³-hybridized carbons (Fsp3) is 0.400. The summed E-state index contributed by atoms with van der Waals surface area (Å²) >= 11 is 0. The second-order valence-electron chi connectivity index (χ2n) is 5.70. The van der Waals surface area contributed by atoms with Crippen LogP contribution in [0.15, 0.2) is 30.5 Å². The predicted molar refractivity (Wildman–Crippen MR) is 72.6 cm³/mol. The normalized spacial score (nSPS) is 15.9. The smallest absolute Gasteiger partial charge is 0.253 e. The van der Waals surface area contributed by atoms with Gasteiger partial charge < -0.3 is 10.3 Å². The van der Waals surface area contributed by atoms with E-state index in [4.69, 9.17) is 0 Å². The summed E-state index contributed by atoms with van der Waals surface area (Å²) in [5, 5.41) is 4.23. The van der Waals surface area contributed by atoms with Crippen molar-refractivity contribution in [3.8, 4) is 0 Å². The lowest BCUT2D eigenvalue weighted by molar-refractivity contribution is 0.0905. The lowest BCUT2D eigenvalue weighted by atomic mass is 9.98. The van der Waals surface area contributed by atoms with Gasteiger partial charge in [-0.3, -0.25) is 4.79 Å². The van der Waals surface area contributed by atoms with Gasteiger partial charge in [-0.25, -0.2) is 0 Å². The highest BCUT2D eigenvalue weighted by Crippen LogP contribution is 2.39. The highest BCUT2D eigenvalue weighted by atomic mass is 16.1. The molecule has 1 aliphatic rings. The minimum atomic E-state index is -0.105. The fourth-order valence-corrected chi connectivity index (χ4v) is 2.54. The van der Waals surface area contributed by atoms with Gasteiger partial charge >= 0.3 is 0 Å². The quantitative estimate of drug-likeness (QED) is 0.853.